The highest BCUT2D eigenvalue weighted by atomic mass is 35.5. The second-order valence-electron chi connectivity index (χ2n) is 9.30. The van der Waals surface area contributed by atoms with E-state index in [0.717, 1.165) is 36.4 Å². The molecule has 0 fully saturated rings. The lowest BCUT2D eigenvalue weighted by Crippen LogP contribution is -2.15. The zero-order chi connectivity index (χ0) is 33.0. The van der Waals surface area contributed by atoms with Crippen LogP contribution in [-0.4, -0.2) is 43.2 Å². The molecule has 4 rings (SSSR count). The van der Waals surface area contributed by atoms with Crippen LogP contribution in [0.5, 0.6) is 5.75 Å². The maximum atomic E-state index is 12.7. The average Bonchev–Trinajstić information content (AvgIpc) is 2.99. The summed E-state index contributed by atoms with van der Waals surface area (Å²) in [5.41, 5.74) is -1.20. The van der Waals surface area contributed by atoms with Crippen LogP contribution in [0.1, 0.15) is 59.4 Å². The van der Waals surface area contributed by atoms with Crippen LogP contribution in [0.15, 0.2) is 72.8 Å². The number of carboxylic acids is 2. The monoisotopic (exact) mass is 656 g/mol. The van der Waals surface area contributed by atoms with Crippen molar-refractivity contribution in [1.82, 2.24) is 0 Å². The molecule has 0 aliphatic heterocycles. The summed E-state index contributed by atoms with van der Waals surface area (Å²) in [5.74, 6) is -4.22. The standard InChI is InChI=1S/C29H18Cl2N2O12/c30-23-10-14(1-5-20(23)26(45-43)21-12-16(32(39)40)3-6-18(21)27(34)35)9-15-2-8-25(24(31)11-15)44-29(38)22-13-17(33(41)42)4-7-19(22)28(36)37/h1-8,10-13,26,43H,9H2,(H,34,35)(H,36,37). The molecule has 4 aromatic carbocycles. The van der Waals surface area contributed by atoms with E-state index in [1.54, 1.807) is 12.1 Å². The van der Waals surface area contributed by atoms with Gasteiger partial charge in [-0.25, -0.2) is 19.3 Å². The molecule has 0 amide bonds. The summed E-state index contributed by atoms with van der Waals surface area (Å²) in [4.78, 5) is 61.3. The fourth-order valence-electron chi connectivity index (χ4n) is 4.38. The number of nitro benzene ring substituents is 2. The maximum Gasteiger partial charge on any atom is 0.344 e. The zero-order valence-electron chi connectivity index (χ0n) is 22.4. The predicted octanol–water partition coefficient (Wildman–Crippen LogP) is 6.60. The Hall–Kier alpha value is -5.41. The van der Waals surface area contributed by atoms with Gasteiger partial charge in [-0.3, -0.25) is 25.5 Å². The minimum absolute atomic E-state index is 0.0357. The van der Waals surface area contributed by atoms with Crippen molar-refractivity contribution < 1.29 is 49.3 Å². The molecule has 0 aromatic heterocycles. The molecule has 45 heavy (non-hydrogen) atoms. The number of aromatic carboxylic acids is 2. The number of nitrogens with zero attached hydrogens (tertiary/aromatic N) is 2. The molecule has 1 atom stereocenters. The number of hydrogen-bond acceptors (Lipinski definition) is 10. The minimum Gasteiger partial charge on any atom is -0.478 e. The van der Waals surface area contributed by atoms with Crippen LogP contribution < -0.4 is 4.74 Å². The lowest BCUT2D eigenvalue weighted by atomic mass is 9.94. The first-order valence-corrected chi connectivity index (χ1v) is 13.2. The van der Waals surface area contributed by atoms with Crippen LogP contribution in [0.2, 0.25) is 10.0 Å². The molecular weight excluding hydrogens is 639 g/mol. The highest BCUT2D eigenvalue weighted by Crippen LogP contribution is 2.36. The largest absolute Gasteiger partial charge is 0.478 e. The first-order chi connectivity index (χ1) is 21.3. The number of carboxylic acid groups (broad SMARTS) is 2. The second-order valence-corrected chi connectivity index (χ2v) is 10.1. The van der Waals surface area contributed by atoms with Crippen molar-refractivity contribution in [1.29, 1.82) is 0 Å². The van der Waals surface area contributed by atoms with Crippen LogP contribution in [0, 0.1) is 20.2 Å². The number of ether oxygens (including phenoxy) is 1. The van der Waals surface area contributed by atoms with Crippen molar-refractivity contribution in [2.24, 2.45) is 0 Å². The second kappa shape index (κ2) is 13.5. The molecule has 14 nitrogen and oxygen atoms in total. The van der Waals surface area contributed by atoms with Gasteiger partial charge in [-0.2, -0.15) is 0 Å². The van der Waals surface area contributed by atoms with Gasteiger partial charge in [0.1, 0.15) is 11.9 Å². The van der Waals surface area contributed by atoms with E-state index in [2.05, 4.69) is 4.89 Å². The molecular formula is C29H18Cl2N2O12. The van der Waals surface area contributed by atoms with Gasteiger partial charge in [0.2, 0.25) is 0 Å². The van der Waals surface area contributed by atoms with Gasteiger partial charge in [0.05, 0.1) is 31.6 Å². The van der Waals surface area contributed by atoms with Gasteiger partial charge in [0.15, 0.2) is 0 Å². The summed E-state index contributed by atoms with van der Waals surface area (Å²) < 4.78 is 5.23. The van der Waals surface area contributed by atoms with Gasteiger partial charge < -0.3 is 14.9 Å². The Bertz CT molecular complexity index is 1880. The summed E-state index contributed by atoms with van der Waals surface area (Å²) in [6.45, 7) is 0. The summed E-state index contributed by atoms with van der Waals surface area (Å²) in [5, 5.41) is 50.9. The quantitative estimate of drug-likeness (QED) is 0.0511. The lowest BCUT2D eigenvalue weighted by Gasteiger charge is -2.18. The highest BCUT2D eigenvalue weighted by Gasteiger charge is 2.27. The third-order valence-corrected chi connectivity index (χ3v) is 7.11. The fraction of sp³-hybridized carbons (Fsp3) is 0.0690. The molecule has 0 radical (unpaired) electrons. The Morgan fingerprint density at radius 1 is 0.711 bits per heavy atom. The Balaban J connectivity index is 1.57. The molecule has 0 heterocycles. The Labute approximate surface area is 261 Å². The fourth-order valence-corrected chi connectivity index (χ4v) is 4.92. The molecule has 3 N–H and O–H groups in total. The molecule has 0 aliphatic rings. The molecule has 16 heteroatoms. The van der Waals surface area contributed by atoms with E-state index in [-0.39, 0.29) is 38.9 Å². The number of benzene rings is 4. The van der Waals surface area contributed by atoms with Crippen molar-refractivity contribution in [3.8, 4) is 5.75 Å². The number of rotatable bonds is 11. The maximum absolute atomic E-state index is 12.7. The topological polar surface area (TPSA) is 217 Å². The van der Waals surface area contributed by atoms with Crippen LogP contribution in [0.25, 0.3) is 0 Å². The van der Waals surface area contributed by atoms with Crippen molar-refractivity contribution in [3.05, 3.63) is 142 Å². The van der Waals surface area contributed by atoms with Crippen molar-refractivity contribution >= 4 is 52.5 Å². The van der Waals surface area contributed by atoms with Gasteiger partial charge in [-0.15, -0.1) is 0 Å². The van der Waals surface area contributed by atoms with E-state index >= 15 is 0 Å². The lowest BCUT2D eigenvalue weighted by molar-refractivity contribution is -0.385. The predicted molar refractivity (Wildman–Crippen MR) is 156 cm³/mol. The molecule has 4 aromatic rings. The van der Waals surface area contributed by atoms with Gasteiger partial charge in [0.25, 0.3) is 11.4 Å². The average molecular weight is 657 g/mol. The van der Waals surface area contributed by atoms with Gasteiger partial charge in [0, 0.05) is 40.4 Å². The van der Waals surface area contributed by atoms with E-state index in [9.17, 15) is 50.1 Å². The van der Waals surface area contributed by atoms with E-state index in [0.29, 0.717) is 11.1 Å². The van der Waals surface area contributed by atoms with E-state index < -0.39 is 56.4 Å². The van der Waals surface area contributed by atoms with Crippen molar-refractivity contribution in [2.45, 2.75) is 12.5 Å². The minimum atomic E-state index is -1.49. The number of carbonyl (C=O) groups excluding carboxylic acids is 1. The van der Waals surface area contributed by atoms with Crippen LogP contribution in [0.4, 0.5) is 11.4 Å². The first-order valence-electron chi connectivity index (χ1n) is 12.4. The number of non-ortho nitro benzene ring substituents is 2. The van der Waals surface area contributed by atoms with Crippen LogP contribution in [-0.2, 0) is 11.3 Å². The normalized spacial score (nSPS) is 11.4. The van der Waals surface area contributed by atoms with Crippen molar-refractivity contribution in [3.63, 3.8) is 0 Å². The smallest absolute Gasteiger partial charge is 0.344 e. The Morgan fingerprint density at radius 3 is 1.80 bits per heavy atom. The van der Waals surface area contributed by atoms with E-state index in [1.807, 2.05) is 0 Å². The number of hydrogen-bond donors (Lipinski definition) is 3. The van der Waals surface area contributed by atoms with E-state index in [1.165, 1.54) is 24.3 Å². The highest BCUT2D eigenvalue weighted by molar-refractivity contribution is 6.32. The SMILES string of the molecule is O=C(O)c1ccc([N+](=O)[O-])cc1C(=O)Oc1ccc(Cc2ccc(C(OO)c3cc([N+](=O)[O-])ccc3C(=O)O)c(Cl)c2)cc1Cl. The number of esters is 1. The summed E-state index contributed by atoms with van der Waals surface area (Å²) >= 11 is 12.8. The first kappa shape index (κ1) is 32.5. The number of carbonyl (C=O) groups is 3. The van der Waals surface area contributed by atoms with Crippen LogP contribution >= 0.6 is 23.2 Å². The molecule has 0 aliphatic carbocycles. The number of nitro groups is 2. The molecule has 0 bridgehead atoms. The zero-order valence-corrected chi connectivity index (χ0v) is 23.9. The summed E-state index contributed by atoms with van der Waals surface area (Å²) in [6.07, 6.45) is -1.25. The third kappa shape index (κ3) is 7.22. The Morgan fingerprint density at radius 2 is 1.27 bits per heavy atom. The molecule has 0 saturated heterocycles. The van der Waals surface area contributed by atoms with Crippen LogP contribution in [0.3, 0.4) is 0 Å². The van der Waals surface area contributed by atoms with Crippen molar-refractivity contribution in [2.75, 3.05) is 0 Å². The molecule has 230 valence electrons. The van der Waals surface area contributed by atoms with E-state index in [4.69, 9.17) is 27.9 Å². The van der Waals surface area contributed by atoms with Gasteiger partial charge in [-0.05, 0) is 47.9 Å². The molecule has 0 spiro atoms. The van der Waals surface area contributed by atoms with Gasteiger partial charge >= 0.3 is 17.9 Å². The van der Waals surface area contributed by atoms with Gasteiger partial charge in [-0.1, -0.05) is 41.4 Å². The Kier molecular flexibility index (Phi) is 9.74. The third-order valence-electron chi connectivity index (χ3n) is 6.48. The molecule has 1 unspecified atom stereocenters. The number of halogens is 2. The summed E-state index contributed by atoms with van der Waals surface area (Å²) in [6, 6.07) is 14.5. The molecule has 0 saturated carbocycles. The summed E-state index contributed by atoms with van der Waals surface area (Å²) in [7, 11) is 0.